The molecule has 0 radical (unpaired) electrons. The van der Waals surface area contributed by atoms with E-state index in [-0.39, 0.29) is 12.1 Å². The van der Waals surface area contributed by atoms with Crippen LogP contribution in [0.3, 0.4) is 0 Å². The van der Waals surface area contributed by atoms with E-state index in [2.05, 4.69) is 35.8 Å². The summed E-state index contributed by atoms with van der Waals surface area (Å²) in [5.74, 6) is -0.0861. The monoisotopic (exact) mass is 395 g/mol. The fraction of sp³-hybridized carbons (Fsp3) is 0.929. The predicted molar refractivity (Wildman–Crippen MR) is 87.9 cm³/mol. The van der Waals surface area contributed by atoms with Crippen molar-refractivity contribution in [3.05, 3.63) is 0 Å². The zero-order valence-electron chi connectivity index (χ0n) is 12.6. The lowest BCUT2D eigenvalue weighted by Crippen LogP contribution is -2.51. The van der Waals surface area contributed by atoms with E-state index >= 15 is 0 Å². The summed E-state index contributed by atoms with van der Waals surface area (Å²) in [7, 11) is 0. The van der Waals surface area contributed by atoms with Gasteiger partial charge in [-0.25, -0.2) is 3.11 Å². The number of likely N-dealkylation sites (tertiary alicyclic amines) is 1. The molecule has 0 bridgehead atoms. The van der Waals surface area contributed by atoms with E-state index in [9.17, 15) is 4.79 Å². The van der Waals surface area contributed by atoms with E-state index in [1.54, 1.807) is 0 Å². The van der Waals surface area contributed by atoms with Crippen LogP contribution in [0.15, 0.2) is 0 Å². The van der Waals surface area contributed by atoms with E-state index in [1.165, 1.54) is 39.0 Å². The zero-order chi connectivity index (χ0) is 14.5. The number of hydrogen-bond acceptors (Lipinski definition) is 5. The highest BCUT2D eigenvalue weighted by molar-refractivity contribution is 14.1. The Hall–Kier alpha value is 0.0800. The second-order valence-corrected chi connectivity index (χ2v) is 7.36. The van der Waals surface area contributed by atoms with Crippen molar-refractivity contribution in [2.75, 3.05) is 45.8 Å². The van der Waals surface area contributed by atoms with E-state index in [4.69, 9.17) is 4.74 Å². The Labute approximate surface area is 136 Å². The van der Waals surface area contributed by atoms with Crippen LogP contribution in [0, 0.1) is 0 Å². The summed E-state index contributed by atoms with van der Waals surface area (Å²) in [5, 5.41) is 0. The van der Waals surface area contributed by atoms with Crippen LogP contribution in [0.5, 0.6) is 0 Å². The average Bonchev–Trinajstić information content (AvgIpc) is 2.39. The minimum absolute atomic E-state index is 0.00962. The number of carbonyl (C=O) groups is 1. The third-order valence-electron chi connectivity index (χ3n) is 4.05. The van der Waals surface area contributed by atoms with Gasteiger partial charge in [0.05, 0.1) is 12.6 Å². The topological polar surface area (TPSA) is 36.0 Å². The highest BCUT2D eigenvalue weighted by Gasteiger charge is 2.27. The third-order valence-corrected chi connectivity index (χ3v) is 5.02. The molecule has 2 fully saturated rings. The molecule has 116 valence electrons. The summed E-state index contributed by atoms with van der Waals surface area (Å²) in [6.45, 7) is 11.0. The molecule has 0 aromatic carbocycles. The number of nitrogens with zero attached hydrogens (tertiary/aromatic N) is 3. The molecular formula is C14H26IN3O2. The molecule has 6 heteroatoms. The Bertz CT molecular complexity index is 312. The number of esters is 1. The van der Waals surface area contributed by atoms with Gasteiger partial charge in [0.1, 0.15) is 0 Å². The van der Waals surface area contributed by atoms with Gasteiger partial charge in [-0.2, -0.15) is 0 Å². The number of halogens is 1. The van der Waals surface area contributed by atoms with Gasteiger partial charge in [0.2, 0.25) is 0 Å². The van der Waals surface area contributed by atoms with Crippen LogP contribution in [-0.2, 0) is 9.53 Å². The van der Waals surface area contributed by atoms with E-state index < -0.39 is 0 Å². The lowest BCUT2D eigenvalue weighted by molar-refractivity contribution is -0.149. The molecule has 0 aromatic heterocycles. The maximum absolute atomic E-state index is 11.7. The molecule has 2 aliphatic rings. The molecule has 2 heterocycles. The Balaban J connectivity index is 1.68. The zero-order valence-corrected chi connectivity index (χ0v) is 14.7. The van der Waals surface area contributed by atoms with Gasteiger partial charge >= 0.3 is 5.97 Å². The minimum atomic E-state index is -0.0861. The van der Waals surface area contributed by atoms with Gasteiger partial charge in [0.15, 0.2) is 0 Å². The van der Waals surface area contributed by atoms with E-state index in [0.29, 0.717) is 12.6 Å². The number of ether oxygens (including phenoxy) is 1. The summed E-state index contributed by atoms with van der Waals surface area (Å²) in [5.41, 5.74) is 0. The molecule has 0 aromatic rings. The molecule has 0 amide bonds. The van der Waals surface area contributed by atoms with Crippen molar-refractivity contribution < 1.29 is 9.53 Å². The highest BCUT2D eigenvalue weighted by Crippen LogP contribution is 2.19. The summed E-state index contributed by atoms with van der Waals surface area (Å²) in [6.07, 6.45) is 2.34. The SMILES string of the molecule is CC(C)OC(=O)CN1CCC(N2CCN(I)CC2)CC1. The van der Waals surface area contributed by atoms with Gasteiger partial charge in [-0.3, -0.25) is 14.6 Å². The normalized spacial score (nSPS) is 24.2. The minimum Gasteiger partial charge on any atom is -0.462 e. The second kappa shape index (κ2) is 7.91. The van der Waals surface area contributed by atoms with Crippen molar-refractivity contribution in [1.82, 2.24) is 12.9 Å². The first-order valence-corrected chi connectivity index (χ1v) is 8.57. The van der Waals surface area contributed by atoms with Crippen molar-refractivity contribution in [3.63, 3.8) is 0 Å². The molecule has 0 N–H and O–H groups in total. The maximum atomic E-state index is 11.7. The Morgan fingerprint density at radius 3 is 2.30 bits per heavy atom. The molecule has 2 aliphatic heterocycles. The first kappa shape index (κ1) is 16.5. The standard InChI is InChI=1S/C14H26IN3O2/c1-12(2)20-14(19)11-16-5-3-13(4-6-16)17-7-9-18(15)10-8-17/h12-13H,3-11H2,1-2H3. The summed E-state index contributed by atoms with van der Waals surface area (Å²) >= 11 is 2.41. The van der Waals surface area contributed by atoms with Crippen LogP contribution >= 0.6 is 22.9 Å². The van der Waals surface area contributed by atoms with Crippen LogP contribution in [-0.4, -0.2) is 76.8 Å². The number of piperidine rings is 1. The van der Waals surface area contributed by atoms with Gasteiger partial charge in [-0.15, -0.1) is 0 Å². The molecule has 0 saturated carbocycles. The van der Waals surface area contributed by atoms with Gasteiger partial charge < -0.3 is 4.74 Å². The first-order valence-electron chi connectivity index (χ1n) is 7.61. The number of rotatable bonds is 4. The number of hydrogen-bond donors (Lipinski definition) is 0. The Morgan fingerprint density at radius 1 is 1.15 bits per heavy atom. The fourth-order valence-corrected chi connectivity index (χ4v) is 3.42. The Kier molecular flexibility index (Phi) is 6.51. The van der Waals surface area contributed by atoms with Crippen molar-refractivity contribution in [2.24, 2.45) is 0 Å². The van der Waals surface area contributed by atoms with Gasteiger partial charge in [-0.05, 0) is 26.7 Å². The lowest BCUT2D eigenvalue weighted by atomic mass is 10.0. The molecule has 0 unspecified atom stereocenters. The molecule has 5 nitrogen and oxygen atoms in total. The summed E-state index contributed by atoms with van der Waals surface area (Å²) < 4.78 is 7.58. The molecule has 2 saturated heterocycles. The average molecular weight is 395 g/mol. The second-order valence-electron chi connectivity index (χ2n) is 5.99. The quantitative estimate of drug-likeness (QED) is 0.408. The lowest BCUT2D eigenvalue weighted by Gasteiger charge is -2.41. The molecule has 20 heavy (non-hydrogen) atoms. The van der Waals surface area contributed by atoms with Gasteiger partial charge in [0.25, 0.3) is 0 Å². The summed E-state index contributed by atoms with van der Waals surface area (Å²) in [4.78, 5) is 16.5. The van der Waals surface area contributed by atoms with Crippen LogP contribution in [0.4, 0.5) is 0 Å². The van der Waals surface area contributed by atoms with Crippen LogP contribution in [0.25, 0.3) is 0 Å². The van der Waals surface area contributed by atoms with Crippen molar-refractivity contribution in [2.45, 2.75) is 38.8 Å². The fourth-order valence-electron chi connectivity index (χ4n) is 2.99. The van der Waals surface area contributed by atoms with Crippen LogP contribution in [0.2, 0.25) is 0 Å². The number of carbonyl (C=O) groups excluding carboxylic acids is 1. The highest BCUT2D eigenvalue weighted by atomic mass is 127. The molecule has 0 aliphatic carbocycles. The molecule has 2 rings (SSSR count). The molecule has 0 atom stereocenters. The largest absolute Gasteiger partial charge is 0.462 e. The van der Waals surface area contributed by atoms with Gasteiger partial charge in [0, 0.05) is 68.2 Å². The Morgan fingerprint density at radius 2 is 1.75 bits per heavy atom. The number of piperazine rings is 1. The predicted octanol–water partition coefficient (Wildman–Crippen LogP) is 1.37. The van der Waals surface area contributed by atoms with Crippen molar-refractivity contribution >= 4 is 28.8 Å². The van der Waals surface area contributed by atoms with Crippen molar-refractivity contribution in [1.29, 1.82) is 0 Å². The van der Waals surface area contributed by atoms with Crippen molar-refractivity contribution in [3.8, 4) is 0 Å². The smallest absolute Gasteiger partial charge is 0.320 e. The van der Waals surface area contributed by atoms with E-state index in [1.807, 2.05) is 13.8 Å². The van der Waals surface area contributed by atoms with Gasteiger partial charge in [-0.1, -0.05) is 0 Å². The molecule has 0 spiro atoms. The van der Waals surface area contributed by atoms with E-state index in [0.717, 1.165) is 13.1 Å². The molecular weight excluding hydrogens is 369 g/mol. The first-order chi connectivity index (χ1) is 9.54. The van der Waals surface area contributed by atoms with Crippen LogP contribution in [0.1, 0.15) is 26.7 Å². The third kappa shape index (κ3) is 5.13. The maximum Gasteiger partial charge on any atom is 0.320 e. The van der Waals surface area contributed by atoms with Crippen LogP contribution < -0.4 is 0 Å². The summed E-state index contributed by atoms with van der Waals surface area (Å²) in [6, 6.07) is 0.706.